The maximum absolute atomic E-state index is 11.9. The van der Waals surface area contributed by atoms with Crippen molar-refractivity contribution in [2.45, 2.75) is 32.9 Å². The SMILES string of the molecule is COC(=O)N(Cc1ccccn1)C(=O)OC(C)(C)C. The zero-order chi connectivity index (χ0) is 14.5. The molecular weight excluding hydrogens is 248 g/mol. The van der Waals surface area contributed by atoms with Gasteiger partial charge in [0.25, 0.3) is 0 Å². The van der Waals surface area contributed by atoms with Crippen LogP contribution in [0.25, 0.3) is 0 Å². The molecule has 1 aromatic heterocycles. The minimum absolute atomic E-state index is 0.00241. The Morgan fingerprint density at radius 2 is 1.95 bits per heavy atom. The molecule has 1 heterocycles. The molecular formula is C13H18N2O4. The Hall–Kier alpha value is -2.11. The van der Waals surface area contributed by atoms with Gasteiger partial charge in [-0.3, -0.25) is 4.98 Å². The van der Waals surface area contributed by atoms with Crippen molar-refractivity contribution in [3.05, 3.63) is 30.1 Å². The van der Waals surface area contributed by atoms with Crippen LogP contribution in [0.3, 0.4) is 0 Å². The molecule has 19 heavy (non-hydrogen) atoms. The number of hydrogen-bond donors (Lipinski definition) is 0. The fourth-order valence-corrected chi connectivity index (χ4v) is 1.28. The molecule has 1 aromatic rings. The molecule has 0 aliphatic heterocycles. The number of amides is 2. The summed E-state index contributed by atoms with van der Waals surface area (Å²) < 4.78 is 9.73. The Balaban J connectivity index is 2.84. The molecule has 0 spiro atoms. The molecule has 0 saturated carbocycles. The second-order valence-corrected chi connectivity index (χ2v) is 4.86. The van der Waals surface area contributed by atoms with Gasteiger partial charge >= 0.3 is 12.2 Å². The molecule has 1 rings (SSSR count). The lowest BCUT2D eigenvalue weighted by molar-refractivity contribution is 0.0229. The number of ether oxygens (including phenoxy) is 2. The highest BCUT2D eigenvalue weighted by molar-refractivity contribution is 5.87. The third-order valence-electron chi connectivity index (χ3n) is 2.06. The molecule has 0 radical (unpaired) electrons. The molecule has 0 aliphatic rings. The van der Waals surface area contributed by atoms with Gasteiger partial charge in [-0.05, 0) is 32.9 Å². The van der Waals surface area contributed by atoms with Crippen LogP contribution >= 0.6 is 0 Å². The van der Waals surface area contributed by atoms with E-state index < -0.39 is 17.8 Å². The minimum Gasteiger partial charge on any atom is -0.452 e. The summed E-state index contributed by atoms with van der Waals surface area (Å²) in [6.45, 7) is 5.17. The molecule has 0 atom stereocenters. The fourth-order valence-electron chi connectivity index (χ4n) is 1.28. The van der Waals surface area contributed by atoms with Crippen molar-refractivity contribution >= 4 is 12.2 Å². The van der Waals surface area contributed by atoms with Crippen LogP contribution in [-0.2, 0) is 16.0 Å². The fraction of sp³-hybridized carbons (Fsp3) is 0.462. The average molecular weight is 266 g/mol. The van der Waals surface area contributed by atoms with Gasteiger partial charge in [-0.25, -0.2) is 14.5 Å². The molecule has 104 valence electrons. The van der Waals surface area contributed by atoms with E-state index in [0.717, 1.165) is 4.90 Å². The Kier molecular flexibility index (Phi) is 4.86. The first kappa shape index (κ1) is 14.9. The van der Waals surface area contributed by atoms with E-state index in [1.165, 1.54) is 7.11 Å². The summed E-state index contributed by atoms with van der Waals surface area (Å²) >= 11 is 0. The van der Waals surface area contributed by atoms with Gasteiger partial charge in [-0.15, -0.1) is 0 Å². The second-order valence-electron chi connectivity index (χ2n) is 4.86. The number of methoxy groups -OCH3 is 1. The van der Waals surface area contributed by atoms with Crippen molar-refractivity contribution in [2.75, 3.05) is 7.11 Å². The standard InChI is InChI=1S/C13H18N2O4/c1-13(2,3)19-12(17)15(11(16)18-4)9-10-7-5-6-8-14-10/h5-8H,9H2,1-4H3. The summed E-state index contributed by atoms with van der Waals surface area (Å²) in [5.41, 5.74) is -0.119. The summed E-state index contributed by atoms with van der Waals surface area (Å²) in [5.74, 6) is 0. The van der Waals surface area contributed by atoms with Gasteiger partial charge in [0.1, 0.15) is 5.60 Å². The minimum atomic E-state index is -0.778. The van der Waals surface area contributed by atoms with Gasteiger partial charge in [0, 0.05) is 6.20 Å². The maximum atomic E-state index is 11.9. The number of aromatic nitrogens is 1. The predicted octanol–water partition coefficient (Wildman–Crippen LogP) is 2.59. The molecule has 0 unspecified atom stereocenters. The predicted molar refractivity (Wildman–Crippen MR) is 68.4 cm³/mol. The van der Waals surface area contributed by atoms with Crippen molar-refractivity contribution in [1.82, 2.24) is 9.88 Å². The molecule has 2 amide bonds. The van der Waals surface area contributed by atoms with Crippen LogP contribution in [-0.4, -0.2) is 34.8 Å². The van der Waals surface area contributed by atoms with E-state index in [0.29, 0.717) is 5.69 Å². The quantitative estimate of drug-likeness (QED) is 0.823. The van der Waals surface area contributed by atoms with Crippen LogP contribution in [0, 0.1) is 0 Å². The normalized spacial score (nSPS) is 10.7. The van der Waals surface area contributed by atoms with Gasteiger partial charge in [0.15, 0.2) is 0 Å². The highest BCUT2D eigenvalue weighted by Gasteiger charge is 2.28. The van der Waals surface area contributed by atoms with Gasteiger partial charge in [0.2, 0.25) is 0 Å². The van der Waals surface area contributed by atoms with Gasteiger partial charge in [-0.2, -0.15) is 0 Å². The van der Waals surface area contributed by atoms with Crippen LogP contribution in [0.1, 0.15) is 26.5 Å². The lowest BCUT2D eigenvalue weighted by Gasteiger charge is -2.25. The van der Waals surface area contributed by atoms with E-state index in [2.05, 4.69) is 9.72 Å². The van der Waals surface area contributed by atoms with Crippen molar-refractivity contribution in [3.63, 3.8) is 0 Å². The molecule has 0 bridgehead atoms. The third-order valence-corrected chi connectivity index (χ3v) is 2.06. The number of carbonyl (C=O) groups excluding carboxylic acids is 2. The summed E-state index contributed by atoms with van der Waals surface area (Å²) in [7, 11) is 1.21. The summed E-state index contributed by atoms with van der Waals surface area (Å²) in [6.07, 6.45) is 0.0461. The topological polar surface area (TPSA) is 68.7 Å². The monoisotopic (exact) mass is 266 g/mol. The molecule has 6 nitrogen and oxygen atoms in total. The van der Waals surface area contributed by atoms with Gasteiger partial charge in [-0.1, -0.05) is 6.07 Å². The molecule has 0 saturated heterocycles. The Labute approximate surface area is 112 Å². The van der Waals surface area contributed by atoms with Crippen LogP contribution in [0.2, 0.25) is 0 Å². The Morgan fingerprint density at radius 1 is 1.26 bits per heavy atom. The zero-order valence-corrected chi connectivity index (χ0v) is 11.5. The molecule has 0 aliphatic carbocycles. The number of imide groups is 1. The largest absolute Gasteiger partial charge is 0.452 e. The lowest BCUT2D eigenvalue weighted by Crippen LogP contribution is -2.40. The van der Waals surface area contributed by atoms with Crippen molar-refractivity contribution in [3.8, 4) is 0 Å². The summed E-state index contributed by atoms with van der Waals surface area (Å²) in [5, 5.41) is 0. The van der Waals surface area contributed by atoms with E-state index in [1.54, 1.807) is 45.2 Å². The van der Waals surface area contributed by atoms with Crippen LogP contribution < -0.4 is 0 Å². The van der Waals surface area contributed by atoms with E-state index in [-0.39, 0.29) is 6.54 Å². The highest BCUT2D eigenvalue weighted by atomic mass is 16.6. The molecule has 0 fully saturated rings. The van der Waals surface area contributed by atoms with Crippen LogP contribution in [0.15, 0.2) is 24.4 Å². The molecule has 0 aromatic carbocycles. The highest BCUT2D eigenvalue weighted by Crippen LogP contribution is 2.12. The van der Waals surface area contributed by atoms with Crippen molar-refractivity contribution in [2.24, 2.45) is 0 Å². The Morgan fingerprint density at radius 3 is 2.42 bits per heavy atom. The van der Waals surface area contributed by atoms with Crippen molar-refractivity contribution in [1.29, 1.82) is 0 Å². The number of carbonyl (C=O) groups is 2. The first-order valence-electron chi connectivity index (χ1n) is 5.82. The molecule has 0 N–H and O–H groups in total. The lowest BCUT2D eigenvalue weighted by atomic mass is 10.2. The zero-order valence-electron chi connectivity index (χ0n) is 11.5. The summed E-state index contributed by atoms with van der Waals surface area (Å²) in [6, 6.07) is 5.23. The summed E-state index contributed by atoms with van der Waals surface area (Å²) in [4.78, 5) is 28.5. The second kappa shape index (κ2) is 6.17. The Bertz CT molecular complexity index is 440. The van der Waals surface area contributed by atoms with E-state index in [4.69, 9.17) is 4.74 Å². The number of rotatable bonds is 2. The number of pyridine rings is 1. The van der Waals surface area contributed by atoms with E-state index >= 15 is 0 Å². The van der Waals surface area contributed by atoms with Crippen LogP contribution in [0.4, 0.5) is 9.59 Å². The number of nitrogens with zero attached hydrogens (tertiary/aromatic N) is 2. The number of hydrogen-bond acceptors (Lipinski definition) is 5. The van der Waals surface area contributed by atoms with Crippen molar-refractivity contribution < 1.29 is 19.1 Å². The molecule has 6 heteroatoms. The third kappa shape index (κ3) is 4.95. The first-order valence-corrected chi connectivity index (χ1v) is 5.82. The smallest absolute Gasteiger partial charge is 0.420 e. The van der Waals surface area contributed by atoms with E-state index in [9.17, 15) is 9.59 Å². The van der Waals surface area contributed by atoms with Gasteiger partial charge < -0.3 is 9.47 Å². The maximum Gasteiger partial charge on any atom is 0.420 e. The first-order chi connectivity index (χ1) is 8.83. The van der Waals surface area contributed by atoms with Gasteiger partial charge in [0.05, 0.1) is 19.3 Å². The van der Waals surface area contributed by atoms with Crippen LogP contribution in [0.5, 0.6) is 0 Å². The average Bonchev–Trinajstić information content (AvgIpc) is 2.34. The van der Waals surface area contributed by atoms with E-state index in [1.807, 2.05) is 0 Å².